The van der Waals surface area contributed by atoms with Gasteiger partial charge in [-0.15, -0.1) is 0 Å². The minimum Gasteiger partial charge on any atom is -0.467 e. The second-order valence-electron chi connectivity index (χ2n) is 6.76. The molecule has 1 amide bonds. The molecule has 1 unspecified atom stereocenters. The molecule has 1 heterocycles. The number of halogens is 1. The smallest absolute Gasteiger partial charge is 0.339 e. The number of carbonyl (C=O) groups excluding carboxylic acids is 2. The molecule has 3 aromatic rings. The standard InChI is InChI=1S/C22H21ClN2O6S/c1-15(19-11-7-13-31-19)24-21(26)14-25(18-10-5-4-9-17(18)23)32(28,29)20-12-6-3-8-16(20)22(27)30-2/h3-13,15H,14H2,1-2H3,(H,24,26). The molecule has 1 atom stereocenters. The Bertz CT molecular complexity index is 1210. The van der Waals surface area contributed by atoms with Gasteiger partial charge in [0.2, 0.25) is 5.91 Å². The lowest BCUT2D eigenvalue weighted by molar-refractivity contribution is -0.120. The van der Waals surface area contributed by atoms with Crippen molar-refractivity contribution >= 4 is 39.2 Å². The maximum absolute atomic E-state index is 13.6. The Kier molecular flexibility index (Phi) is 7.22. The first-order chi connectivity index (χ1) is 15.3. The first kappa shape index (κ1) is 23.4. The SMILES string of the molecule is COC(=O)c1ccccc1S(=O)(=O)N(CC(=O)NC(C)c1ccco1)c1ccccc1Cl. The predicted molar refractivity (Wildman–Crippen MR) is 119 cm³/mol. The molecule has 0 aliphatic rings. The Morgan fingerprint density at radius 2 is 1.78 bits per heavy atom. The minimum absolute atomic E-state index is 0.0923. The maximum atomic E-state index is 13.6. The second kappa shape index (κ2) is 9.88. The van der Waals surface area contributed by atoms with E-state index >= 15 is 0 Å². The summed E-state index contributed by atoms with van der Waals surface area (Å²) in [6, 6.07) is 14.7. The van der Waals surface area contributed by atoms with Gasteiger partial charge in [0.1, 0.15) is 17.2 Å². The van der Waals surface area contributed by atoms with Crippen molar-refractivity contribution in [1.29, 1.82) is 0 Å². The molecule has 32 heavy (non-hydrogen) atoms. The Morgan fingerprint density at radius 3 is 2.44 bits per heavy atom. The van der Waals surface area contributed by atoms with Crippen LogP contribution in [-0.4, -0.2) is 33.9 Å². The highest BCUT2D eigenvalue weighted by Gasteiger charge is 2.32. The molecule has 0 aliphatic heterocycles. The van der Waals surface area contributed by atoms with E-state index in [0.29, 0.717) is 5.76 Å². The summed E-state index contributed by atoms with van der Waals surface area (Å²) in [7, 11) is -3.23. The molecular formula is C22H21ClN2O6S. The number of hydrogen-bond donors (Lipinski definition) is 1. The summed E-state index contributed by atoms with van der Waals surface area (Å²) in [5, 5.41) is 2.82. The van der Waals surface area contributed by atoms with Gasteiger partial charge in [-0.2, -0.15) is 0 Å². The van der Waals surface area contributed by atoms with Gasteiger partial charge in [-0.1, -0.05) is 35.9 Å². The number of nitrogens with zero attached hydrogens (tertiary/aromatic N) is 1. The first-order valence-electron chi connectivity index (χ1n) is 9.53. The number of benzene rings is 2. The van der Waals surface area contributed by atoms with Crippen LogP contribution in [0.1, 0.15) is 29.1 Å². The summed E-state index contributed by atoms with van der Waals surface area (Å²) in [6.07, 6.45) is 1.47. The number of furan rings is 1. The number of amides is 1. The molecule has 0 fully saturated rings. The molecule has 10 heteroatoms. The number of esters is 1. The van der Waals surface area contributed by atoms with E-state index in [0.717, 1.165) is 11.4 Å². The fourth-order valence-corrected chi connectivity index (χ4v) is 4.98. The van der Waals surface area contributed by atoms with Gasteiger partial charge in [0.15, 0.2) is 0 Å². The summed E-state index contributed by atoms with van der Waals surface area (Å²) >= 11 is 6.27. The first-order valence-corrected chi connectivity index (χ1v) is 11.3. The van der Waals surface area contributed by atoms with Crippen molar-refractivity contribution in [2.24, 2.45) is 0 Å². The van der Waals surface area contributed by atoms with Crippen LogP contribution >= 0.6 is 11.6 Å². The van der Waals surface area contributed by atoms with Crippen molar-refractivity contribution in [2.75, 3.05) is 18.0 Å². The van der Waals surface area contributed by atoms with E-state index in [1.54, 1.807) is 31.2 Å². The van der Waals surface area contributed by atoms with Gasteiger partial charge in [0.05, 0.1) is 35.7 Å². The highest BCUT2D eigenvalue weighted by molar-refractivity contribution is 7.93. The fourth-order valence-electron chi connectivity index (χ4n) is 3.07. The number of nitrogens with one attached hydrogen (secondary N) is 1. The third kappa shape index (κ3) is 4.95. The second-order valence-corrected chi connectivity index (χ2v) is 8.99. The van der Waals surface area contributed by atoms with E-state index in [2.05, 4.69) is 5.32 Å². The van der Waals surface area contributed by atoms with Gasteiger partial charge in [-0.05, 0) is 43.3 Å². The van der Waals surface area contributed by atoms with Crippen LogP contribution in [-0.2, 0) is 19.6 Å². The molecule has 2 aromatic carbocycles. The van der Waals surface area contributed by atoms with Crippen LogP contribution in [0.3, 0.4) is 0 Å². The molecule has 0 aliphatic carbocycles. The number of hydrogen-bond acceptors (Lipinski definition) is 6. The van der Waals surface area contributed by atoms with Gasteiger partial charge in [-0.25, -0.2) is 13.2 Å². The summed E-state index contributed by atoms with van der Waals surface area (Å²) in [5.41, 5.74) is -0.0638. The fraction of sp³-hybridized carbons (Fsp3) is 0.182. The van der Waals surface area contributed by atoms with E-state index in [-0.39, 0.29) is 21.2 Å². The van der Waals surface area contributed by atoms with Crippen molar-refractivity contribution < 1.29 is 27.2 Å². The molecule has 0 saturated carbocycles. The van der Waals surface area contributed by atoms with Crippen LogP contribution in [0.4, 0.5) is 5.69 Å². The zero-order valence-electron chi connectivity index (χ0n) is 17.3. The third-order valence-corrected chi connectivity index (χ3v) is 6.75. The zero-order valence-corrected chi connectivity index (χ0v) is 18.9. The van der Waals surface area contributed by atoms with Gasteiger partial charge in [0, 0.05) is 0 Å². The molecule has 0 spiro atoms. The number of rotatable bonds is 8. The number of methoxy groups -OCH3 is 1. The average molecular weight is 477 g/mol. The van der Waals surface area contributed by atoms with Crippen LogP contribution in [0.25, 0.3) is 0 Å². The van der Waals surface area contributed by atoms with Crippen molar-refractivity contribution in [3.05, 3.63) is 83.3 Å². The lowest BCUT2D eigenvalue weighted by Crippen LogP contribution is -2.42. The molecule has 0 radical (unpaired) electrons. The van der Waals surface area contributed by atoms with Crippen molar-refractivity contribution in [3.8, 4) is 0 Å². The summed E-state index contributed by atoms with van der Waals surface area (Å²) in [5.74, 6) is -0.895. The van der Waals surface area contributed by atoms with E-state index in [9.17, 15) is 18.0 Å². The van der Waals surface area contributed by atoms with Crippen LogP contribution in [0.15, 0.2) is 76.2 Å². The predicted octanol–water partition coefficient (Wildman–Crippen LogP) is 3.79. The summed E-state index contributed by atoms with van der Waals surface area (Å²) in [4.78, 5) is 24.7. The number of para-hydroxylation sites is 1. The van der Waals surface area contributed by atoms with Crippen LogP contribution in [0.5, 0.6) is 0 Å². The quantitative estimate of drug-likeness (QED) is 0.496. The lowest BCUT2D eigenvalue weighted by Gasteiger charge is -2.26. The van der Waals surface area contributed by atoms with Gasteiger partial charge in [0.25, 0.3) is 10.0 Å². The van der Waals surface area contributed by atoms with Crippen molar-refractivity contribution in [1.82, 2.24) is 5.32 Å². The van der Waals surface area contributed by atoms with Crippen molar-refractivity contribution in [2.45, 2.75) is 17.9 Å². The van der Waals surface area contributed by atoms with Gasteiger partial charge < -0.3 is 14.5 Å². The van der Waals surface area contributed by atoms with Crippen LogP contribution < -0.4 is 9.62 Å². The topological polar surface area (TPSA) is 106 Å². The highest BCUT2D eigenvalue weighted by Crippen LogP contribution is 2.31. The van der Waals surface area contributed by atoms with Crippen LogP contribution in [0, 0.1) is 0 Å². The monoisotopic (exact) mass is 476 g/mol. The third-order valence-electron chi connectivity index (χ3n) is 4.62. The zero-order chi connectivity index (χ0) is 23.3. The number of sulfonamides is 1. The molecule has 3 rings (SSSR count). The number of carbonyl (C=O) groups is 2. The summed E-state index contributed by atoms with van der Waals surface area (Å²) < 4.78 is 38.1. The Labute approximate surface area is 190 Å². The molecule has 1 N–H and O–H groups in total. The van der Waals surface area contributed by atoms with E-state index < -0.39 is 34.5 Å². The Hall–Kier alpha value is -3.30. The summed E-state index contributed by atoms with van der Waals surface area (Å²) in [6.45, 7) is 1.13. The number of ether oxygens (including phenoxy) is 1. The minimum atomic E-state index is -4.38. The van der Waals surface area contributed by atoms with E-state index in [4.69, 9.17) is 20.8 Å². The Balaban J connectivity index is 2.01. The van der Waals surface area contributed by atoms with Gasteiger partial charge in [-0.3, -0.25) is 9.10 Å². The molecule has 1 aromatic heterocycles. The van der Waals surface area contributed by atoms with Crippen molar-refractivity contribution in [3.63, 3.8) is 0 Å². The maximum Gasteiger partial charge on any atom is 0.339 e. The normalized spacial score (nSPS) is 12.1. The van der Waals surface area contributed by atoms with E-state index in [1.807, 2.05) is 0 Å². The molecule has 168 valence electrons. The molecule has 0 saturated heterocycles. The van der Waals surface area contributed by atoms with E-state index in [1.165, 1.54) is 42.7 Å². The molecular weight excluding hydrogens is 456 g/mol. The molecule has 8 nitrogen and oxygen atoms in total. The highest BCUT2D eigenvalue weighted by atomic mass is 35.5. The van der Waals surface area contributed by atoms with Gasteiger partial charge >= 0.3 is 5.97 Å². The number of anilines is 1. The molecule has 0 bridgehead atoms. The largest absolute Gasteiger partial charge is 0.467 e. The van der Waals surface area contributed by atoms with Crippen LogP contribution in [0.2, 0.25) is 5.02 Å². The average Bonchev–Trinajstić information content (AvgIpc) is 3.32. The lowest BCUT2D eigenvalue weighted by atomic mass is 10.2. The Morgan fingerprint density at radius 1 is 1.09 bits per heavy atom.